The SMILES string of the molecule is CC(C)C(C)OC(=O)c1cccc2c1OCCN2. The smallest absolute Gasteiger partial charge is 0.342 e. The highest BCUT2D eigenvalue weighted by molar-refractivity contribution is 5.95. The van der Waals surface area contributed by atoms with Gasteiger partial charge in [-0.15, -0.1) is 0 Å². The van der Waals surface area contributed by atoms with E-state index in [4.69, 9.17) is 9.47 Å². The Hall–Kier alpha value is -1.71. The van der Waals surface area contributed by atoms with Gasteiger partial charge in [0.25, 0.3) is 0 Å². The molecule has 2 rings (SSSR count). The molecule has 0 aliphatic carbocycles. The summed E-state index contributed by atoms with van der Waals surface area (Å²) < 4.78 is 11.0. The van der Waals surface area contributed by atoms with E-state index in [9.17, 15) is 4.79 Å². The van der Waals surface area contributed by atoms with E-state index in [1.807, 2.05) is 32.9 Å². The van der Waals surface area contributed by atoms with Crippen molar-refractivity contribution >= 4 is 11.7 Å². The molecule has 1 unspecified atom stereocenters. The summed E-state index contributed by atoms with van der Waals surface area (Å²) in [6.07, 6.45) is -0.107. The Morgan fingerprint density at radius 1 is 1.39 bits per heavy atom. The van der Waals surface area contributed by atoms with Crippen molar-refractivity contribution in [1.29, 1.82) is 0 Å². The van der Waals surface area contributed by atoms with Crippen molar-refractivity contribution in [1.82, 2.24) is 0 Å². The van der Waals surface area contributed by atoms with Crippen LogP contribution >= 0.6 is 0 Å². The normalized spacial score (nSPS) is 15.3. The zero-order valence-corrected chi connectivity index (χ0v) is 11.0. The number of hydrogen-bond acceptors (Lipinski definition) is 4. The van der Waals surface area contributed by atoms with Crippen molar-refractivity contribution in [2.24, 2.45) is 5.92 Å². The van der Waals surface area contributed by atoms with Gasteiger partial charge < -0.3 is 14.8 Å². The van der Waals surface area contributed by atoms with Gasteiger partial charge in [-0.2, -0.15) is 0 Å². The molecule has 1 aromatic carbocycles. The van der Waals surface area contributed by atoms with Crippen LogP contribution in [-0.4, -0.2) is 25.2 Å². The van der Waals surface area contributed by atoms with E-state index in [0.717, 1.165) is 12.2 Å². The molecule has 0 amide bonds. The van der Waals surface area contributed by atoms with E-state index >= 15 is 0 Å². The highest BCUT2D eigenvalue weighted by Gasteiger charge is 2.22. The van der Waals surface area contributed by atoms with E-state index in [1.165, 1.54) is 0 Å². The van der Waals surface area contributed by atoms with Gasteiger partial charge in [0.1, 0.15) is 18.3 Å². The van der Waals surface area contributed by atoms with Gasteiger partial charge in [0.2, 0.25) is 0 Å². The second-order valence-electron chi connectivity index (χ2n) is 4.81. The van der Waals surface area contributed by atoms with Gasteiger partial charge in [-0.05, 0) is 25.0 Å². The number of nitrogens with one attached hydrogen (secondary N) is 1. The topological polar surface area (TPSA) is 47.6 Å². The molecule has 0 bridgehead atoms. The van der Waals surface area contributed by atoms with Crippen LogP contribution in [0.3, 0.4) is 0 Å². The second kappa shape index (κ2) is 5.29. The van der Waals surface area contributed by atoms with Crippen LogP contribution in [0, 0.1) is 5.92 Å². The molecule has 0 saturated carbocycles. The van der Waals surface area contributed by atoms with E-state index in [-0.39, 0.29) is 12.1 Å². The summed E-state index contributed by atoms with van der Waals surface area (Å²) in [5, 5.41) is 3.20. The highest BCUT2D eigenvalue weighted by atomic mass is 16.5. The van der Waals surface area contributed by atoms with E-state index in [0.29, 0.717) is 23.8 Å². The fourth-order valence-electron chi connectivity index (χ4n) is 1.70. The number of hydrogen-bond donors (Lipinski definition) is 1. The largest absolute Gasteiger partial charge is 0.489 e. The molecule has 1 heterocycles. The number of rotatable bonds is 3. The summed E-state index contributed by atoms with van der Waals surface area (Å²) in [7, 11) is 0. The Bertz CT molecular complexity index is 443. The molecule has 1 atom stereocenters. The van der Waals surface area contributed by atoms with Crippen LogP contribution in [0.1, 0.15) is 31.1 Å². The average molecular weight is 249 g/mol. The third kappa shape index (κ3) is 2.58. The van der Waals surface area contributed by atoms with Crippen LogP contribution in [0.4, 0.5) is 5.69 Å². The molecule has 1 aromatic rings. The van der Waals surface area contributed by atoms with Crippen molar-refractivity contribution in [2.45, 2.75) is 26.9 Å². The summed E-state index contributed by atoms with van der Waals surface area (Å²) in [5.41, 5.74) is 1.35. The maximum absolute atomic E-state index is 12.1. The Labute approximate surface area is 107 Å². The number of esters is 1. The van der Waals surface area contributed by atoms with Crippen molar-refractivity contribution in [3.63, 3.8) is 0 Å². The zero-order chi connectivity index (χ0) is 13.1. The van der Waals surface area contributed by atoms with E-state index < -0.39 is 0 Å². The standard InChI is InChI=1S/C14H19NO3/c1-9(2)10(3)18-14(16)11-5-4-6-12-13(11)17-8-7-15-12/h4-6,9-10,15H,7-8H2,1-3H3. The lowest BCUT2D eigenvalue weighted by atomic mass is 10.1. The Morgan fingerprint density at radius 2 is 2.17 bits per heavy atom. The molecule has 1 aliphatic rings. The van der Waals surface area contributed by atoms with Crippen LogP contribution in [0.15, 0.2) is 18.2 Å². The molecule has 1 N–H and O–H groups in total. The Morgan fingerprint density at radius 3 is 2.89 bits per heavy atom. The van der Waals surface area contributed by atoms with Crippen LogP contribution in [-0.2, 0) is 4.74 Å². The number of carbonyl (C=O) groups excluding carboxylic acids is 1. The summed E-state index contributed by atoms with van der Waals surface area (Å²) in [4.78, 5) is 12.1. The first-order valence-corrected chi connectivity index (χ1v) is 6.30. The average Bonchev–Trinajstić information content (AvgIpc) is 2.37. The molecular weight excluding hydrogens is 230 g/mol. The van der Waals surface area contributed by atoms with Gasteiger partial charge in [0.05, 0.1) is 5.69 Å². The lowest BCUT2D eigenvalue weighted by molar-refractivity contribution is 0.0234. The van der Waals surface area contributed by atoms with E-state index in [2.05, 4.69) is 5.32 Å². The van der Waals surface area contributed by atoms with Crippen LogP contribution in [0.2, 0.25) is 0 Å². The molecule has 0 spiro atoms. The molecule has 4 nitrogen and oxygen atoms in total. The minimum absolute atomic E-state index is 0.107. The molecule has 0 aromatic heterocycles. The van der Waals surface area contributed by atoms with Crippen molar-refractivity contribution in [2.75, 3.05) is 18.5 Å². The Kier molecular flexibility index (Phi) is 3.75. The fraction of sp³-hybridized carbons (Fsp3) is 0.500. The van der Waals surface area contributed by atoms with Crippen LogP contribution in [0.5, 0.6) is 5.75 Å². The van der Waals surface area contributed by atoms with Gasteiger partial charge in [0, 0.05) is 6.54 Å². The summed E-state index contributed by atoms with van der Waals surface area (Å²) >= 11 is 0. The monoisotopic (exact) mass is 249 g/mol. The van der Waals surface area contributed by atoms with Crippen LogP contribution < -0.4 is 10.1 Å². The maximum Gasteiger partial charge on any atom is 0.342 e. The highest BCUT2D eigenvalue weighted by Crippen LogP contribution is 2.31. The Balaban J connectivity index is 2.20. The first-order valence-electron chi connectivity index (χ1n) is 6.30. The predicted octanol–water partition coefficient (Wildman–Crippen LogP) is 2.69. The summed E-state index contributed by atoms with van der Waals surface area (Å²) in [5.74, 6) is 0.578. The van der Waals surface area contributed by atoms with Gasteiger partial charge >= 0.3 is 5.97 Å². The summed E-state index contributed by atoms with van der Waals surface area (Å²) in [6.45, 7) is 7.27. The first-order chi connectivity index (χ1) is 8.59. The molecule has 0 radical (unpaired) electrons. The number of anilines is 1. The number of fused-ring (bicyclic) bond motifs is 1. The zero-order valence-electron chi connectivity index (χ0n) is 11.0. The van der Waals surface area contributed by atoms with Gasteiger partial charge in [-0.3, -0.25) is 0 Å². The van der Waals surface area contributed by atoms with Crippen molar-refractivity contribution < 1.29 is 14.3 Å². The molecule has 0 fully saturated rings. The molecule has 1 aliphatic heterocycles. The van der Waals surface area contributed by atoms with E-state index in [1.54, 1.807) is 6.07 Å². The summed E-state index contributed by atoms with van der Waals surface area (Å²) in [6, 6.07) is 5.47. The molecule has 18 heavy (non-hydrogen) atoms. The molecule has 0 saturated heterocycles. The minimum Gasteiger partial charge on any atom is -0.489 e. The number of carbonyl (C=O) groups is 1. The molecule has 4 heteroatoms. The number of benzene rings is 1. The third-order valence-corrected chi connectivity index (χ3v) is 3.13. The second-order valence-corrected chi connectivity index (χ2v) is 4.81. The van der Waals surface area contributed by atoms with Crippen molar-refractivity contribution in [3.05, 3.63) is 23.8 Å². The lowest BCUT2D eigenvalue weighted by Gasteiger charge is -2.22. The first kappa shape index (κ1) is 12.7. The van der Waals surface area contributed by atoms with Gasteiger partial charge in [-0.1, -0.05) is 19.9 Å². The van der Waals surface area contributed by atoms with Gasteiger partial charge in [0.15, 0.2) is 5.75 Å². The quantitative estimate of drug-likeness (QED) is 0.837. The number of ether oxygens (including phenoxy) is 2. The molecular formula is C14H19NO3. The van der Waals surface area contributed by atoms with Crippen LogP contribution in [0.25, 0.3) is 0 Å². The van der Waals surface area contributed by atoms with Gasteiger partial charge in [-0.25, -0.2) is 4.79 Å². The number of para-hydroxylation sites is 1. The fourth-order valence-corrected chi connectivity index (χ4v) is 1.70. The predicted molar refractivity (Wildman–Crippen MR) is 70.1 cm³/mol. The maximum atomic E-state index is 12.1. The lowest BCUT2D eigenvalue weighted by Crippen LogP contribution is -2.23. The third-order valence-electron chi connectivity index (χ3n) is 3.13. The van der Waals surface area contributed by atoms with Crippen molar-refractivity contribution in [3.8, 4) is 5.75 Å². The minimum atomic E-state index is -0.322. The molecule has 98 valence electrons.